The molecular formula is C46H53ClN7O7PS. The third-order valence-electron chi connectivity index (χ3n) is 12.6. The number of carbonyl (C=O) groups excluding carboxylic acids is 1. The van der Waals surface area contributed by atoms with Crippen LogP contribution in [0.3, 0.4) is 0 Å². The number of H-pyrrole nitrogens is 1. The number of piperazine rings is 1. The number of fused-ring (bicyclic) bond motifs is 1. The maximum atomic E-state index is 13.9. The summed E-state index contributed by atoms with van der Waals surface area (Å²) in [5, 5.41) is 16.7. The third kappa shape index (κ3) is 10.6. The minimum Gasteiger partial charge on any atom is -0.455 e. The monoisotopic (exact) mass is 913 g/mol. The molecule has 8 rings (SSSR count). The predicted molar refractivity (Wildman–Crippen MR) is 249 cm³/mol. The first-order valence-corrected chi connectivity index (χ1v) is 25.7. The van der Waals surface area contributed by atoms with E-state index in [1.807, 2.05) is 24.9 Å². The van der Waals surface area contributed by atoms with Crippen molar-refractivity contribution in [1.29, 1.82) is 0 Å². The maximum Gasteiger partial charge on any atom is 0.293 e. The molecule has 3 aromatic carbocycles. The van der Waals surface area contributed by atoms with Gasteiger partial charge in [-0.2, -0.15) is 0 Å². The SMILES string of the molecule is CC1(C)CCC(CN2CCN(c3ccc(C(=O)NS(=O)(=O)c4ccc(NCC5CCP(C)(=O)CC5)c([N+](=O)[O-])c4)c(Oc4cnc5[nH]ccc5c4)c3)CC2)=C(c2ccc(Cl)cc2)C1. The minimum absolute atomic E-state index is 0.0473. The molecule has 0 atom stereocenters. The van der Waals surface area contributed by atoms with Crippen molar-refractivity contribution in [2.45, 2.75) is 50.8 Å². The summed E-state index contributed by atoms with van der Waals surface area (Å²) in [6, 6.07) is 20.3. The number of aromatic amines is 1. The number of rotatable bonds is 13. The van der Waals surface area contributed by atoms with Gasteiger partial charge in [-0.3, -0.25) is 19.8 Å². The normalized spacial score (nSPS) is 20.7. The van der Waals surface area contributed by atoms with Gasteiger partial charge in [0.15, 0.2) is 0 Å². The highest BCUT2D eigenvalue weighted by atomic mass is 35.5. The van der Waals surface area contributed by atoms with Gasteiger partial charge < -0.3 is 24.5 Å². The molecule has 2 saturated heterocycles. The van der Waals surface area contributed by atoms with Gasteiger partial charge in [-0.15, -0.1) is 0 Å². The lowest BCUT2D eigenvalue weighted by molar-refractivity contribution is -0.384. The number of halogens is 1. The van der Waals surface area contributed by atoms with Crippen LogP contribution in [-0.4, -0.2) is 92.4 Å². The Balaban J connectivity index is 0.995. The van der Waals surface area contributed by atoms with Crippen molar-refractivity contribution in [2.75, 3.05) is 68.5 Å². The summed E-state index contributed by atoms with van der Waals surface area (Å²) in [4.78, 5) is 37.2. The molecule has 332 valence electrons. The van der Waals surface area contributed by atoms with Gasteiger partial charge in [-0.25, -0.2) is 18.1 Å². The molecule has 2 fully saturated rings. The molecule has 3 N–H and O–H groups in total. The fourth-order valence-electron chi connectivity index (χ4n) is 8.82. The van der Waals surface area contributed by atoms with E-state index in [4.69, 9.17) is 16.3 Å². The maximum absolute atomic E-state index is 13.9. The van der Waals surface area contributed by atoms with Crippen LogP contribution in [0.25, 0.3) is 16.6 Å². The Morgan fingerprint density at radius 3 is 2.51 bits per heavy atom. The summed E-state index contributed by atoms with van der Waals surface area (Å²) in [5.41, 5.74) is 5.45. The summed E-state index contributed by atoms with van der Waals surface area (Å²) in [6.45, 7) is 10.8. The molecule has 14 nitrogen and oxygen atoms in total. The number of nitrogens with zero attached hydrogens (tertiary/aromatic N) is 4. The lowest BCUT2D eigenvalue weighted by atomic mass is 9.72. The van der Waals surface area contributed by atoms with Crippen LogP contribution in [0.2, 0.25) is 5.02 Å². The summed E-state index contributed by atoms with van der Waals surface area (Å²) < 4.78 is 48.3. The van der Waals surface area contributed by atoms with Crippen LogP contribution >= 0.6 is 18.7 Å². The number of nitro groups is 1. The number of amides is 1. The molecule has 63 heavy (non-hydrogen) atoms. The van der Waals surface area contributed by atoms with Gasteiger partial charge in [0.1, 0.15) is 22.8 Å². The van der Waals surface area contributed by atoms with Crippen LogP contribution in [0.1, 0.15) is 61.9 Å². The summed E-state index contributed by atoms with van der Waals surface area (Å²) in [5.74, 6) is -0.311. The van der Waals surface area contributed by atoms with Crippen LogP contribution in [0.15, 0.2) is 95.7 Å². The van der Waals surface area contributed by atoms with Crippen LogP contribution in [0.4, 0.5) is 17.1 Å². The van der Waals surface area contributed by atoms with Gasteiger partial charge in [0.25, 0.3) is 21.6 Å². The molecule has 3 aliphatic rings. The van der Waals surface area contributed by atoms with E-state index >= 15 is 0 Å². The van der Waals surface area contributed by atoms with E-state index in [1.54, 1.807) is 24.4 Å². The second-order valence-electron chi connectivity index (χ2n) is 18.0. The molecule has 5 aromatic rings. The van der Waals surface area contributed by atoms with E-state index in [9.17, 15) is 27.9 Å². The first-order valence-electron chi connectivity index (χ1n) is 21.4. The molecule has 2 aliphatic heterocycles. The Hall–Kier alpha value is -5.21. The second-order valence-corrected chi connectivity index (χ2v) is 23.6. The van der Waals surface area contributed by atoms with E-state index in [-0.39, 0.29) is 28.3 Å². The van der Waals surface area contributed by atoms with Crippen LogP contribution < -0.4 is 19.7 Å². The van der Waals surface area contributed by atoms with E-state index in [0.29, 0.717) is 30.3 Å². The van der Waals surface area contributed by atoms with Crippen molar-refractivity contribution in [3.8, 4) is 11.5 Å². The number of nitrogens with one attached hydrogen (secondary N) is 3. The summed E-state index contributed by atoms with van der Waals surface area (Å²) >= 11 is 6.24. The first kappa shape index (κ1) is 44.4. The number of anilines is 2. The van der Waals surface area contributed by atoms with Crippen molar-refractivity contribution in [1.82, 2.24) is 19.6 Å². The Morgan fingerprint density at radius 2 is 1.78 bits per heavy atom. The number of benzene rings is 3. The predicted octanol–water partition coefficient (Wildman–Crippen LogP) is 9.64. The number of carbonyl (C=O) groups is 1. The Labute approximate surface area is 373 Å². The smallest absolute Gasteiger partial charge is 0.293 e. The molecule has 0 bridgehead atoms. The van der Waals surface area contributed by atoms with E-state index in [1.165, 1.54) is 41.1 Å². The van der Waals surface area contributed by atoms with Gasteiger partial charge in [0.2, 0.25) is 0 Å². The number of nitro benzene ring substituents is 1. The lowest BCUT2D eigenvalue weighted by Crippen LogP contribution is -2.47. The average Bonchev–Trinajstić information content (AvgIpc) is 3.72. The Kier molecular flexibility index (Phi) is 12.8. The fraction of sp³-hybridized carbons (Fsp3) is 0.391. The molecule has 4 heterocycles. The van der Waals surface area contributed by atoms with Gasteiger partial charge in [0.05, 0.1) is 28.7 Å². The standard InChI is InChI=1S/C46H53ClN7O7PS/c1-46(2)16-12-34(40(27-46)32-4-6-35(47)7-5-32)30-52-18-20-53(21-19-52)36-8-10-39(43(25-36)61-37-24-33-13-17-48-44(33)50-29-37)45(55)51-63(59,60)38-9-11-41(42(26-38)54(56)57)49-28-31-14-22-62(3,58)23-15-31/h4-11,13,17,24-26,29,31,49H,12,14-16,18-23,27-28,30H2,1-3H3,(H,48,50)(H,51,55). The number of hydrogen-bond acceptors (Lipinski definition) is 11. The number of ether oxygens (including phenoxy) is 1. The quantitative estimate of drug-likeness (QED) is 0.0582. The van der Waals surface area contributed by atoms with Crippen molar-refractivity contribution in [3.63, 3.8) is 0 Å². The Bertz CT molecular complexity index is 2720. The molecular weight excluding hydrogens is 861 g/mol. The molecule has 0 unspecified atom stereocenters. The number of allylic oxidation sites excluding steroid dienone is 1. The van der Waals surface area contributed by atoms with Gasteiger partial charge >= 0.3 is 0 Å². The number of pyridine rings is 1. The number of aromatic nitrogens is 2. The zero-order chi connectivity index (χ0) is 44.5. The topological polar surface area (TPSA) is 180 Å². The molecule has 0 saturated carbocycles. The third-order valence-corrected chi connectivity index (χ3v) is 16.6. The molecule has 17 heteroatoms. The van der Waals surface area contributed by atoms with E-state index in [0.717, 1.165) is 87.0 Å². The highest BCUT2D eigenvalue weighted by molar-refractivity contribution is 7.90. The highest BCUT2D eigenvalue weighted by Gasteiger charge is 2.31. The molecule has 0 spiro atoms. The lowest BCUT2D eigenvalue weighted by Gasteiger charge is -2.39. The highest BCUT2D eigenvalue weighted by Crippen LogP contribution is 2.48. The number of sulfonamides is 1. The largest absolute Gasteiger partial charge is 0.455 e. The molecule has 2 aromatic heterocycles. The molecule has 1 amide bonds. The second kappa shape index (κ2) is 18.1. The fourth-order valence-corrected chi connectivity index (χ4v) is 12.0. The molecule has 1 aliphatic carbocycles. The summed E-state index contributed by atoms with van der Waals surface area (Å²) in [7, 11) is -6.70. The van der Waals surface area contributed by atoms with Crippen molar-refractivity contribution < 1.29 is 27.4 Å². The van der Waals surface area contributed by atoms with Crippen molar-refractivity contribution in [3.05, 3.63) is 117 Å². The van der Waals surface area contributed by atoms with Crippen LogP contribution in [0.5, 0.6) is 11.5 Å². The van der Waals surface area contributed by atoms with Crippen LogP contribution in [-0.2, 0) is 14.6 Å². The van der Waals surface area contributed by atoms with Gasteiger partial charge in [0, 0.05) is 86.0 Å². The first-order chi connectivity index (χ1) is 30.0. The average molecular weight is 914 g/mol. The van der Waals surface area contributed by atoms with Gasteiger partial charge in [-0.05, 0) is 110 Å². The van der Waals surface area contributed by atoms with E-state index < -0.39 is 38.6 Å². The Morgan fingerprint density at radius 1 is 1.03 bits per heavy atom. The van der Waals surface area contributed by atoms with Gasteiger partial charge in [-0.1, -0.05) is 43.2 Å². The summed E-state index contributed by atoms with van der Waals surface area (Å²) in [6.07, 6.45) is 9.22. The number of hydrogen-bond donors (Lipinski definition) is 3. The van der Waals surface area contributed by atoms with Crippen molar-refractivity contribution >= 4 is 68.3 Å². The van der Waals surface area contributed by atoms with Crippen molar-refractivity contribution in [2.24, 2.45) is 11.3 Å². The molecule has 0 radical (unpaired) electrons. The van der Waals surface area contributed by atoms with Crippen LogP contribution in [0, 0.1) is 21.4 Å². The minimum atomic E-state index is -4.58. The van der Waals surface area contributed by atoms with E-state index in [2.05, 4.69) is 55.8 Å². The zero-order valence-corrected chi connectivity index (χ0v) is 38.2. The zero-order valence-electron chi connectivity index (χ0n) is 35.7.